The quantitative estimate of drug-likeness (QED) is 0.773. The molecule has 0 saturated heterocycles. The fourth-order valence-electron chi connectivity index (χ4n) is 1.93. The monoisotopic (exact) mass is 243 g/mol. The molecule has 0 spiro atoms. The van der Waals surface area contributed by atoms with Gasteiger partial charge in [-0.25, -0.2) is 4.79 Å². The molecule has 94 valence electrons. The van der Waals surface area contributed by atoms with Gasteiger partial charge in [-0.3, -0.25) is 0 Å². The summed E-state index contributed by atoms with van der Waals surface area (Å²) in [7, 11) is 0. The van der Waals surface area contributed by atoms with E-state index in [1.54, 1.807) is 0 Å². The van der Waals surface area contributed by atoms with Crippen LogP contribution >= 0.6 is 0 Å². The molecule has 0 bridgehead atoms. The van der Waals surface area contributed by atoms with Crippen LogP contribution in [0.5, 0.6) is 0 Å². The maximum absolute atomic E-state index is 11.8. The number of ether oxygens (including phenoxy) is 1. The van der Waals surface area contributed by atoms with Gasteiger partial charge in [0.2, 0.25) is 0 Å². The summed E-state index contributed by atoms with van der Waals surface area (Å²) in [5.74, 6) is -0.262. The number of hydrogen-bond acceptors (Lipinski definition) is 2. The molecule has 3 nitrogen and oxygen atoms in total. The van der Waals surface area contributed by atoms with Gasteiger partial charge in [0.1, 0.15) is 5.69 Å². The molecule has 0 N–H and O–H groups in total. The number of carbonyl (C=O) groups is 1. The highest BCUT2D eigenvalue weighted by atomic mass is 16.5. The molecule has 1 heterocycles. The van der Waals surface area contributed by atoms with E-state index in [9.17, 15) is 4.79 Å². The van der Waals surface area contributed by atoms with Crippen molar-refractivity contribution in [2.75, 3.05) is 6.61 Å². The lowest BCUT2D eigenvalue weighted by atomic mass is 10.2. The van der Waals surface area contributed by atoms with Gasteiger partial charge >= 0.3 is 5.97 Å². The van der Waals surface area contributed by atoms with Crippen LogP contribution in [0.4, 0.5) is 0 Å². The lowest BCUT2D eigenvalue weighted by Gasteiger charge is -2.11. The van der Waals surface area contributed by atoms with Crippen molar-refractivity contribution >= 4 is 5.97 Å². The van der Waals surface area contributed by atoms with Crippen LogP contribution in [0.25, 0.3) is 0 Å². The molecular formula is C15H17NO2. The molecule has 2 rings (SSSR count). The minimum absolute atomic E-state index is 0.262. The highest BCUT2D eigenvalue weighted by Gasteiger charge is 2.14. The Kier molecular flexibility index (Phi) is 3.82. The summed E-state index contributed by atoms with van der Waals surface area (Å²) in [4.78, 5) is 11.8. The summed E-state index contributed by atoms with van der Waals surface area (Å²) in [5, 5.41) is 0. The van der Waals surface area contributed by atoms with E-state index in [2.05, 4.69) is 0 Å². The number of hydrogen-bond donors (Lipinski definition) is 0. The average Bonchev–Trinajstić information content (AvgIpc) is 2.73. The van der Waals surface area contributed by atoms with Gasteiger partial charge < -0.3 is 9.30 Å². The smallest absolute Gasteiger partial charge is 0.354 e. The highest BCUT2D eigenvalue weighted by molar-refractivity contribution is 5.88. The lowest BCUT2D eigenvalue weighted by Crippen LogP contribution is -2.13. The second-order valence-electron chi connectivity index (χ2n) is 4.15. The summed E-state index contributed by atoms with van der Waals surface area (Å²) in [6.45, 7) is 4.89. The molecule has 0 unspecified atom stereocenters. The normalized spacial score (nSPS) is 10.3. The largest absolute Gasteiger partial charge is 0.461 e. The summed E-state index contributed by atoms with van der Waals surface area (Å²) in [5.41, 5.74) is 2.84. The molecule has 0 saturated carbocycles. The Labute approximate surface area is 107 Å². The van der Waals surface area contributed by atoms with Crippen molar-refractivity contribution in [3.63, 3.8) is 0 Å². The van der Waals surface area contributed by atoms with Gasteiger partial charge in [0.05, 0.1) is 6.61 Å². The van der Waals surface area contributed by atoms with Crippen molar-refractivity contribution in [1.29, 1.82) is 0 Å². The zero-order chi connectivity index (χ0) is 13.0. The number of carbonyl (C=O) groups excluding carboxylic acids is 1. The molecule has 3 heteroatoms. The second kappa shape index (κ2) is 5.54. The second-order valence-corrected chi connectivity index (χ2v) is 4.15. The Hall–Kier alpha value is -2.03. The first-order valence-corrected chi connectivity index (χ1v) is 6.09. The minimum atomic E-state index is -0.262. The number of nitrogens with zero attached hydrogens (tertiary/aromatic N) is 1. The first-order valence-electron chi connectivity index (χ1n) is 6.09. The van der Waals surface area contributed by atoms with Gasteiger partial charge in [0.25, 0.3) is 0 Å². The van der Waals surface area contributed by atoms with Crippen molar-refractivity contribution in [3.8, 4) is 0 Å². The van der Waals surface area contributed by atoms with Crippen LogP contribution in [0, 0.1) is 6.92 Å². The van der Waals surface area contributed by atoms with Gasteiger partial charge in [0.15, 0.2) is 0 Å². The Balaban J connectivity index is 2.27. The van der Waals surface area contributed by atoms with Crippen molar-refractivity contribution in [2.45, 2.75) is 20.4 Å². The number of aromatic nitrogens is 1. The van der Waals surface area contributed by atoms with Gasteiger partial charge in [0, 0.05) is 12.2 Å². The molecular weight excluding hydrogens is 226 g/mol. The molecule has 0 amide bonds. The van der Waals surface area contributed by atoms with Crippen molar-refractivity contribution in [2.24, 2.45) is 0 Å². The van der Waals surface area contributed by atoms with Gasteiger partial charge in [-0.05, 0) is 31.5 Å². The predicted molar refractivity (Wildman–Crippen MR) is 70.7 cm³/mol. The van der Waals surface area contributed by atoms with Gasteiger partial charge in [-0.1, -0.05) is 30.3 Å². The predicted octanol–water partition coefficient (Wildman–Crippen LogP) is 3.02. The van der Waals surface area contributed by atoms with E-state index in [1.807, 2.05) is 60.9 Å². The van der Waals surface area contributed by atoms with Crippen molar-refractivity contribution < 1.29 is 9.53 Å². The zero-order valence-electron chi connectivity index (χ0n) is 10.7. The number of aryl methyl sites for hydroxylation is 1. The Morgan fingerprint density at radius 1 is 1.17 bits per heavy atom. The first kappa shape index (κ1) is 12.4. The molecule has 0 aliphatic heterocycles. The van der Waals surface area contributed by atoms with Gasteiger partial charge in [-0.2, -0.15) is 0 Å². The fourth-order valence-corrected chi connectivity index (χ4v) is 1.93. The summed E-state index contributed by atoms with van der Waals surface area (Å²) < 4.78 is 7.04. The summed E-state index contributed by atoms with van der Waals surface area (Å²) in [6, 6.07) is 13.8. The number of rotatable bonds is 4. The minimum Gasteiger partial charge on any atom is -0.461 e. The number of esters is 1. The van der Waals surface area contributed by atoms with Crippen molar-refractivity contribution in [3.05, 3.63) is 59.4 Å². The Bertz CT molecular complexity index is 529. The van der Waals surface area contributed by atoms with Crippen molar-refractivity contribution in [1.82, 2.24) is 4.57 Å². The van der Waals surface area contributed by atoms with E-state index < -0.39 is 0 Å². The van der Waals surface area contributed by atoms with Crippen LogP contribution in [-0.2, 0) is 11.3 Å². The van der Waals surface area contributed by atoms with E-state index in [1.165, 1.54) is 5.56 Å². The first-order chi connectivity index (χ1) is 8.72. The van der Waals surface area contributed by atoms with Crippen LogP contribution in [0.1, 0.15) is 28.7 Å². The molecule has 18 heavy (non-hydrogen) atoms. The van der Waals surface area contributed by atoms with Crippen LogP contribution < -0.4 is 0 Å². The maximum atomic E-state index is 11.8. The van der Waals surface area contributed by atoms with Gasteiger partial charge in [-0.15, -0.1) is 0 Å². The van der Waals surface area contributed by atoms with Crippen LogP contribution in [0.3, 0.4) is 0 Å². The van der Waals surface area contributed by atoms with E-state index in [4.69, 9.17) is 4.74 Å². The molecule has 1 aromatic carbocycles. The van der Waals surface area contributed by atoms with E-state index in [0.29, 0.717) is 18.8 Å². The molecule has 2 aromatic rings. The average molecular weight is 243 g/mol. The molecule has 0 atom stereocenters. The Morgan fingerprint density at radius 3 is 2.56 bits per heavy atom. The standard InChI is InChI=1S/C15H17NO2/c1-3-18-15(17)14-10-9-12(2)16(14)11-13-7-5-4-6-8-13/h4-10H,3,11H2,1-2H3. The van der Waals surface area contributed by atoms with Crippen LogP contribution in [0.15, 0.2) is 42.5 Å². The third-order valence-corrected chi connectivity index (χ3v) is 2.87. The molecule has 0 radical (unpaired) electrons. The molecule has 1 aromatic heterocycles. The molecule has 0 aliphatic carbocycles. The van der Waals surface area contributed by atoms with Crippen LogP contribution in [-0.4, -0.2) is 17.1 Å². The third kappa shape index (κ3) is 2.62. The highest BCUT2D eigenvalue weighted by Crippen LogP contribution is 2.13. The summed E-state index contributed by atoms with van der Waals surface area (Å²) in [6.07, 6.45) is 0. The Morgan fingerprint density at radius 2 is 1.89 bits per heavy atom. The van der Waals surface area contributed by atoms with E-state index in [0.717, 1.165) is 5.69 Å². The topological polar surface area (TPSA) is 31.2 Å². The maximum Gasteiger partial charge on any atom is 0.354 e. The fraction of sp³-hybridized carbons (Fsp3) is 0.267. The number of benzene rings is 1. The van der Waals surface area contributed by atoms with Crippen LogP contribution in [0.2, 0.25) is 0 Å². The lowest BCUT2D eigenvalue weighted by molar-refractivity contribution is 0.0514. The molecule has 0 aliphatic rings. The van der Waals surface area contributed by atoms with E-state index in [-0.39, 0.29) is 5.97 Å². The zero-order valence-corrected chi connectivity index (χ0v) is 10.7. The SMILES string of the molecule is CCOC(=O)c1ccc(C)n1Cc1ccccc1. The molecule has 0 fully saturated rings. The summed E-state index contributed by atoms with van der Waals surface area (Å²) >= 11 is 0. The third-order valence-electron chi connectivity index (χ3n) is 2.87. The van der Waals surface area contributed by atoms with E-state index >= 15 is 0 Å².